The van der Waals surface area contributed by atoms with Gasteiger partial charge in [0.15, 0.2) is 0 Å². The van der Waals surface area contributed by atoms with Gasteiger partial charge in [0.25, 0.3) is 0 Å². The molecule has 0 bridgehead atoms. The Balaban J connectivity index is 1.65. The summed E-state index contributed by atoms with van der Waals surface area (Å²) in [6.07, 6.45) is 1.16. The second kappa shape index (κ2) is 5.66. The Morgan fingerprint density at radius 1 is 1.14 bits per heavy atom. The molecule has 21 heavy (non-hydrogen) atoms. The molecular formula is C18H23NO2. The van der Waals surface area contributed by atoms with Crippen LogP contribution in [0.1, 0.15) is 27.2 Å². The highest BCUT2D eigenvalue weighted by Crippen LogP contribution is 2.27. The summed E-state index contributed by atoms with van der Waals surface area (Å²) in [7, 11) is 0. The van der Waals surface area contributed by atoms with Crippen LogP contribution in [0.15, 0.2) is 42.5 Å². The highest BCUT2D eigenvalue weighted by Gasteiger charge is 2.31. The van der Waals surface area contributed by atoms with Crippen molar-refractivity contribution in [2.75, 3.05) is 13.2 Å². The Labute approximate surface area is 126 Å². The van der Waals surface area contributed by atoms with Crippen molar-refractivity contribution in [3.05, 3.63) is 42.5 Å². The molecule has 0 radical (unpaired) electrons. The summed E-state index contributed by atoms with van der Waals surface area (Å²) in [6, 6.07) is 14.5. The Bertz CT molecular complexity index is 613. The number of nitrogens with zero attached hydrogens (tertiary/aromatic N) is 1. The Kier molecular flexibility index (Phi) is 3.87. The standard InChI is InChI=1S/C18H23NO2/c1-18(2,3)19-12-11-15(21-19)13-20-17-10-6-8-14-7-4-5-9-16(14)17/h4-10,15H,11-13H2,1-3H3. The Morgan fingerprint density at radius 2 is 1.90 bits per heavy atom. The summed E-state index contributed by atoms with van der Waals surface area (Å²) >= 11 is 0. The molecule has 1 fully saturated rings. The highest BCUT2D eigenvalue weighted by molar-refractivity contribution is 5.88. The van der Waals surface area contributed by atoms with E-state index in [9.17, 15) is 0 Å². The van der Waals surface area contributed by atoms with Crippen LogP contribution >= 0.6 is 0 Å². The molecule has 1 aliphatic rings. The molecule has 1 unspecified atom stereocenters. The van der Waals surface area contributed by atoms with E-state index in [0.717, 1.165) is 24.1 Å². The van der Waals surface area contributed by atoms with Crippen LogP contribution in [0, 0.1) is 0 Å². The van der Waals surface area contributed by atoms with Gasteiger partial charge in [-0.3, -0.25) is 4.84 Å². The van der Waals surface area contributed by atoms with Gasteiger partial charge in [-0.2, -0.15) is 5.06 Å². The van der Waals surface area contributed by atoms with Crippen molar-refractivity contribution in [1.29, 1.82) is 0 Å². The van der Waals surface area contributed by atoms with Crippen molar-refractivity contribution in [2.24, 2.45) is 0 Å². The van der Waals surface area contributed by atoms with E-state index in [0.29, 0.717) is 6.61 Å². The Morgan fingerprint density at radius 3 is 2.67 bits per heavy atom. The molecule has 2 aromatic carbocycles. The fourth-order valence-electron chi connectivity index (χ4n) is 2.66. The summed E-state index contributed by atoms with van der Waals surface area (Å²) in [4.78, 5) is 5.97. The zero-order valence-electron chi connectivity index (χ0n) is 13.0. The van der Waals surface area contributed by atoms with Gasteiger partial charge in [0.2, 0.25) is 0 Å². The third-order valence-corrected chi connectivity index (χ3v) is 3.85. The van der Waals surface area contributed by atoms with E-state index in [-0.39, 0.29) is 11.6 Å². The van der Waals surface area contributed by atoms with Crippen molar-refractivity contribution < 1.29 is 9.57 Å². The molecular weight excluding hydrogens is 262 g/mol. The van der Waals surface area contributed by atoms with Crippen LogP contribution in [0.5, 0.6) is 5.75 Å². The minimum absolute atomic E-state index is 0.0498. The molecule has 3 nitrogen and oxygen atoms in total. The zero-order valence-corrected chi connectivity index (χ0v) is 13.0. The van der Waals surface area contributed by atoms with Crippen LogP contribution in [0.25, 0.3) is 10.8 Å². The fourth-order valence-corrected chi connectivity index (χ4v) is 2.66. The second-order valence-corrected chi connectivity index (χ2v) is 6.58. The number of hydrogen-bond acceptors (Lipinski definition) is 3. The van der Waals surface area contributed by atoms with Gasteiger partial charge in [-0.25, -0.2) is 0 Å². The molecule has 1 atom stereocenters. The molecule has 0 amide bonds. The molecule has 0 spiro atoms. The highest BCUT2D eigenvalue weighted by atomic mass is 16.7. The van der Waals surface area contributed by atoms with E-state index in [4.69, 9.17) is 9.57 Å². The van der Waals surface area contributed by atoms with Gasteiger partial charge in [-0.15, -0.1) is 0 Å². The molecule has 0 aromatic heterocycles. The average Bonchev–Trinajstić information content (AvgIpc) is 2.94. The minimum atomic E-state index is 0.0498. The predicted molar refractivity (Wildman–Crippen MR) is 85.4 cm³/mol. The topological polar surface area (TPSA) is 21.7 Å². The van der Waals surface area contributed by atoms with Crippen LogP contribution in [0.2, 0.25) is 0 Å². The number of ether oxygens (including phenoxy) is 1. The molecule has 112 valence electrons. The van der Waals surface area contributed by atoms with E-state index in [1.807, 2.05) is 24.3 Å². The molecule has 0 aliphatic carbocycles. The van der Waals surface area contributed by atoms with Gasteiger partial charge in [0.1, 0.15) is 18.5 Å². The first-order valence-electron chi connectivity index (χ1n) is 7.59. The molecule has 2 aromatic rings. The minimum Gasteiger partial charge on any atom is -0.490 e. The van der Waals surface area contributed by atoms with E-state index >= 15 is 0 Å². The first kappa shape index (κ1) is 14.4. The molecule has 1 aliphatic heterocycles. The maximum Gasteiger partial charge on any atom is 0.127 e. The van der Waals surface area contributed by atoms with Crippen molar-refractivity contribution in [2.45, 2.75) is 38.8 Å². The van der Waals surface area contributed by atoms with Gasteiger partial charge >= 0.3 is 0 Å². The summed E-state index contributed by atoms with van der Waals surface area (Å²) < 4.78 is 6.01. The van der Waals surface area contributed by atoms with Crippen molar-refractivity contribution in [1.82, 2.24) is 5.06 Å². The lowest BCUT2D eigenvalue weighted by Gasteiger charge is -2.30. The van der Waals surface area contributed by atoms with Gasteiger partial charge in [0, 0.05) is 17.5 Å². The normalized spacial score (nSPS) is 20.0. The largest absolute Gasteiger partial charge is 0.490 e. The molecule has 1 heterocycles. The number of hydroxylamine groups is 2. The lowest BCUT2D eigenvalue weighted by Crippen LogP contribution is -2.38. The number of hydrogen-bond donors (Lipinski definition) is 0. The van der Waals surface area contributed by atoms with Crippen molar-refractivity contribution in [3.63, 3.8) is 0 Å². The van der Waals surface area contributed by atoms with Crippen LogP contribution in [0.4, 0.5) is 0 Å². The van der Waals surface area contributed by atoms with Crippen LogP contribution < -0.4 is 4.74 Å². The van der Waals surface area contributed by atoms with E-state index in [1.54, 1.807) is 0 Å². The summed E-state index contributed by atoms with van der Waals surface area (Å²) in [5, 5.41) is 4.42. The van der Waals surface area contributed by atoms with Crippen molar-refractivity contribution in [3.8, 4) is 5.75 Å². The van der Waals surface area contributed by atoms with Crippen LogP contribution in [-0.4, -0.2) is 29.9 Å². The maximum atomic E-state index is 6.01. The number of fused-ring (bicyclic) bond motifs is 1. The summed E-state index contributed by atoms with van der Waals surface area (Å²) in [5.41, 5.74) is 0.0498. The first-order chi connectivity index (χ1) is 10.0. The third kappa shape index (κ3) is 3.20. The third-order valence-electron chi connectivity index (χ3n) is 3.85. The SMILES string of the molecule is CC(C)(C)N1CCC(COc2cccc3ccccc23)O1. The maximum absolute atomic E-state index is 6.01. The van der Waals surface area contributed by atoms with Crippen LogP contribution in [-0.2, 0) is 4.84 Å². The van der Waals surface area contributed by atoms with Crippen LogP contribution in [0.3, 0.4) is 0 Å². The predicted octanol–water partition coefficient (Wildman–Crippen LogP) is 4.02. The summed E-state index contributed by atoms with van der Waals surface area (Å²) in [5.74, 6) is 0.936. The zero-order chi connectivity index (χ0) is 14.9. The Hall–Kier alpha value is -1.58. The molecule has 0 N–H and O–H groups in total. The molecule has 1 saturated heterocycles. The van der Waals surface area contributed by atoms with E-state index in [2.05, 4.69) is 44.0 Å². The molecule has 0 saturated carbocycles. The number of benzene rings is 2. The van der Waals surface area contributed by atoms with Gasteiger partial charge in [-0.05, 0) is 38.6 Å². The quantitative estimate of drug-likeness (QED) is 0.850. The smallest absolute Gasteiger partial charge is 0.127 e. The fraction of sp³-hybridized carbons (Fsp3) is 0.444. The molecule has 3 heteroatoms. The van der Waals surface area contributed by atoms with Gasteiger partial charge < -0.3 is 4.74 Å². The summed E-state index contributed by atoms with van der Waals surface area (Å²) in [6.45, 7) is 8.07. The van der Waals surface area contributed by atoms with Crippen molar-refractivity contribution >= 4 is 10.8 Å². The van der Waals surface area contributed by atoms with Gasteiger partial charge in [0.05, 0.1) is 0 Å². The van der Waals surface area contributed by atoms with Gasteiger partial charge in [-0.1, -0.05) is 36.4 Å². The average molecular weight is 285 g/mol. The van der Waals surface area contributed by atoms with E-state index < -0.39 is 0 Å². The number of rotatable bonds is 3. The molecule has 3 rings (SSSR count). The monoisotopic (exact) mass is 285 g/mol. The van der Waals surface area contributed by atoms with E-state index in [1.165, 1.54) is 5.39 Å². The lowest BCUT2D eigenvalue weighted by atomic mass is 10.1. The lowest BCUT2D eigenvalue weighted by molar-refractivity contribution is -0.199. The second-order valence-electron chi connectivity index (χ2n) is 6.58. The first-order valence-corrected chi connectivity index (χ1v) is 7.59.